The van der Waals surface area contributed by atoms with Gasteiger partial charge in [0.1, 0.15) is 11.3 Å². The lowest BCUT2D eigenvalue weighted by Crippen LogP contribution is -2.48. The lowest BCUT2D eigenvalue weighted by Gasteiger charge is -2.21. The first-order valence-corrected chi connectivity index (χ1v) is 8.78. The summed E-state index contributed by atoms with van der Waals surface area (Å²) < 4.78 is 9.97. The Hall–Kier alpha value is -2.04. The summed E-state index contributed by atoms with van der Waals surface area (Å²) in [7, 11) is 2.82. The third-order valence-electron chi connectivity index (χ3n) is 3.36. The topological polar surface area (TPSA) is 101 Å². The molecule has 1 rings (SSSR count). The maximum absolute atomic E-state index is 11.9. The molecule has 0 aliphatic heterocycles. The van der Waals surface area contributed by atoms with Gasteiger partial charge in [0, 0.05) is 12.1 Å². The number of guanidine groups is 1. The molecule has 158 valence electrons. The number of esters is 1. The highest BCUT2D eigenvalue weighted by Gasteiger charge is 2.15. The van der Waals surface area contributed by atoms with Gasteiger partial charge in [-0.3, -0.25) is 4.79 Å². The first-order chi connectivity index (χ1) is 12.7. The molecule has 0 spiro atoms. The summed E-state index contributed by atoms with van der Waals surface area (Å²) in [5.74, 6) is 0.363. The zero-order valence-corrected chi connectivity index (χ0v) is 19.7. The predicted octanol–water partition coefficient (Wildman–Crippen LogP) is 2.07. The number of nitrogens with one attached hydrogen (secondary N) is 3. The van der Waals surface area contributed by atoms with Crippen LogP contribution in [0.2, 0.25) is 0 Å². The Morgan fingerprint density at radius 2 is 1.82 bits per heavy atom. The standard InChI is InChI=1S/C19H30N4O4.HI/c1-7-20-18(22-12-16(24)23-19(2,3)4)21-11-13-8-9-15(26-5)14(10-13)17(25)27-6;/h8-10H,7,11-12H2,1-6H3,(H,23,24)(H2,20,21,22);1H. The molecule has 0 bridgehead atoms. The Bertz CT molecular complexity index is 687. The van der Waals surface area contributed by atoms with Gasteiger partial charge in [0.15, 0.2) is 5.96 Å². The van der Waals surface area contributed by atoms with E-state index in [4.69, 9.17) is 9.47 Å². The predicted molar refractivity (Wildman–Crippen MR) is 120 cm³/mol. The molecule has 8 nitrogen and oxygen atoms in total. The molecule has 1 aromatic rings. The van der Waals surface area contributed by atoms with Crippen LogP contribution in [0.5, 0.6) is 5.75 Å². The van der Waals surface area contributed by atoms with Crippen molar-refractivity contribution in [1.29, 1.82) is 0 Å². The summed E-state index contributed by atoms with van der Waals surface area (Å²) in [5.41, 5.74) is 0.865. The molecule has 0 unspecified atom stereocenters. The van der Waals surface area contributed by atoms with Gasteiger partial charge in [-0.25, -0.2) is 9.79 Å². The van der Waals surface area contributed by atoms with Crippen molar-refractivity contribution in [2.45, 2.75) is 39.8 Å². The Labute approximate surface area is 183 Å². The van der Waals surface area contributed by atoms with Crippen molar-refractivity contribution in [2.75, 3.05) is 27.3 Å². The van der Waals surface area contributed by atoms with Gasteiger partial charge in [0.2, 0.25) is 5.91 Å². The lowest BCUT2D eigenvalue weighted by molar-refractivity contribution is -0.121. The zero-order valence-electron chi connectivity index (χ0n) is 17.3. The number of amides is 1. The van der Waals surface area contributed by atoms with Gasteiger partial charge in [-0.1, -0.05) is 6.07 Å². The molecule has 0 saturated heterocycles. The minimum atomic E-state index is -0.471. The molecule has 1 amide bonds. The molecule has 0 fully saturated rings. The third-order valence-corrected chi connectivity index (χ3v) is 3.36. The van der Waals surface area contributed by atoms with Crippen molar-refractivity contribution in [3.8, 4) is 5.75 Å². The molecule has 9 heteroatoms. The highest BCUT2D eigenvalue weighted by Crippen LogP contribution is 2.21. The van der Waals surface area contributed by atoms with E-state index in [0.29, 0.717) is 30.4 Å². The largest absolute Gasteiger partial charge is 0.496 e. The summed E-state index contributed by atoms with van der Waals surface area (Å²) in [5, 5.41) is 8.96. The number of carbonyl (C=O) groups is 2. The van der Waals surface area contributed by atoms with E-state index >= 15 is 0 Å². The number of aliphatic imine (C=N–C) groups is 1. The van der Waals surface area contributed by atoms with Crippen LogP contribution in [-0.4, -0.2) is 50.7 Å². The van der Waals surface area contributed by atoms with Crippen LogP contribution in [0.15, 0.2) is 23.2 Å². The van der Waals surface area contributed by atoms with E-state index in [9.17, 15) is 9.59 Å². The smallest absolute Gasteiger partial charge is 0.341 e. The summed E-state index contributed by atoms with van der Waals surface area (Å²) >= 11 is 0. The van der Waals surface area contributed by atoms with E-state index in [1.54, 1.807) is 12.1 Å². The van der Waals surface area contributed by atoms with E-state index in [2.05, 4.69) is 20.9 Å². The van der Waals surface area contributed by atoms with Gasteiger partial charge in [-0.05, 0) is 45.4 Å². The molecular formula is C19H31IN4O4. The van der Waals surface area contributed by atoms with Crippen LogP contribution < -0.4 is 20.7 Å². The molecule has 0 aliphatic carbocycles. The van der Waals surface area contributed by atoms with Crippen molar-refractivity contribution in [1.82, 2.24) is 16.0 Å². The minimum absolute atomic E-state index is 0. The zero-order chi connectivity index (χ0) is 20.4. The molecule has 0 atom stereocenters. The number of rotatable bonds is 7. The van der Waals surface area contributed by atoms with Crippen molar-refractivity contribution < 1.29 is 19.1 Å². The maximum atomic E-state index is 11.9. The van der Waals surface area contributed by atoms with Crippen LogP contribution in [0, 0.1) is 0 Å². The fraction of sp³-hybridized carbons (Fsp3) is 0.526. The molecule has 0 aliphatic rings. The maximum Gasteiger partial charge on any atom is 0.341 e. The number of halogens is 1. The summed E-state index contributed by atoms with van der Waals surface area (Å²) in [6.07, 6.45) is 0. The third kappa shape index (κ3) is 9.25. The second-order valence-electron chi connectivity index (χ2n) is 6.87. The molecule has 0 radical (unpaired) electrons. The number of hydrogen-bond acceptors (Lipinski definition) is 5. The molecule has 0 saturated carbocycles. The number of carbonyl (C=O) groups excluding carboxylic acids is 2. The van der Waals surface area contributed by atoms with Gasteiger partial charge in [0.25, 0.3) is 0 Å². The Balaban J connectivity index is 0.00000729. The van der Waals surface area contributed by atoms with Crippen molar-refractivity contribution in [3.63, 3.8) is 0 Å². The van der Waals surface area contributed by atoms with E-state index in [0.717, 1.165) is 5.56 Å². The van der Waals surface area contributed by atoms with Gasteiger partial charge in [-0.2, -0.15) is 0 Å². The highest BCUT2D eigenvalue weighted by atomic mass is 127. The Morgan fingerprint density at radius 3 is 2.36 bits per heavy atom. The van der Waals surface area contributed by atoms with Gasteiger partial charge < -0.3 is 25.4 Å². The molecule has 0 heterocycles. The fourth-order valence-corrected chi connectivity index (χ4v) is 2.26. The van der Waals surface area contributed by atoms with Crippen LogP contribution in [-0.2, 0) is 16.1 Å². The van der Waals surface area contributed by atoms with Crippen molar-refractivity contribution in [2.24, 2.45) is 4.99 Å². The van der Waals surface area contributed by atoms with Crippen LogP contribution in [0.4, 0.5) is 0 Å². The first-order valence-electron chi connectivity index (χ1n) is 8.78. The Morgan fingerprint density at radius 1 is 1.14 bits per heavy atom. The van der Waals surface area contributed by atoms with E-state index < -0.39 is 5.97 Å². The lowest BCUT2D eigenvalue weighted by atomic mass is 10.1. The summed E-state index contributed by atoms with van der Waals surface area (Å²) in [4.78, 5) is 28.3. The second-order valence-corrected chi connectivity index (χ2v) is 6.87. The van der Waals surface area contributed by atoms with Crippen LogP contribution in [0.25, 0.3) is 0 Å². The number of hydrogen-bond donors (Lipinski definition) is 3. The average molecular weight is 506 g/mol. The molecule has 28 heavy (non-hydrogen) atoms. The first kappa shape index (κ1) is 26.0. The fourth-order valence-electron chi connectivity index (χ4n) is 2.26. The van der Waals surface area contributed by atoms with Crippen LogP contribution in [0.1, 0.15) is 43.6 Å². The van der Waals surface area contributed by atoms with Crippen LogP contribution >= 0.6 is 24.0 Å². The monoisotopic (exact) mass is 506 g/mol. The van der Waals surface area contributed by atoms with Gasteiger partial charge >= 0.3 is 5.97 Å². The quantitative estimate of drug-likeness (QED) is 0.227. The number of ether oxygens (including phenoxy) is 2. The number of benzene rings is 1. The minimum Gasteiger partial charge on any atom is -0.496 e. The van der Waals surface area contributed by atoms with E-state index in [1.807, 2.05) is 33.8 Å². The normalized spacial score (nSPS) is 11.1. The summed E-state index contributed by atoms with van der Waals surface area (Å²) in [6.45, 7) is 8.80. The van der Waals surface area contributed by atoms with Crippen molar-refractivity contribution in [3.05, 3.63) is 29.3 Å². The van der Waals surface area contributed by atoms with E-state index in [1.165, 1.54) is 14.2 Å². The molecule has 1 aromatic carbocycles. The van der Waals surface area contributed by atoms with E-state index in [-0.39, 0.29) is 42.0 Å². The molecular weight excluding hydrogens is 475 g/mol. The Kier molecular flexibility index (Phi) is 11.5. The molecule has 3 N–H and O–H groups in total. The average Bonchev–Trinajstić information content (AvgIpc) is 2.61. The SMILES string of the molecule is CCNC(=NCc1ccc(OC)c(C(=O)OC)c1)NCC(=O)NC(C)(C)C.I. The van der Waals surface area contributed by atoms with Gasteiger partial charge in [0.05, 0.1) is 27.3 Å². The second kappa shape index (κ2) is 12.4. The number of nitrogens with zero attached hydrogens (tertiary/aromatic N) is 1. The van der Waals surface area contributed by atoms with Crippen molar-refractivity contribution >= 4 is 41.8 Å². The number of methoxy groups -OCH3 is 2. The van der Waals surface area contributed by atoms with Crippen LogP contribution in [0.3, 0.4) is 0 Å². The molecule has 0 aromatic heterocycles. The van der Waals surface area contributed by atoms with Gasteiger partial charge in [-0.15, -0.1) is 24.0 Å². The summed E-state index contributed by atoms with van der Waals surface area (Å²) in [6, 6.07) is 5.21. The highest BCUT2D eigenvalue weighted by molar-refractivity contribution is 14.0.